The van der Waals surface area contributed by atoms with Crippen LogP contribution in [0.2, 0.25) is 0 Å². The smallest absolute Gasteiger partial charge is 0.306 e. The maximum absolute atomic E-state index is 12.6. The third-order valence-corrected chi connectivity index (χ3v) is 5.84. The Hall–Kier alpha value is -3.03. The zero-order chi connectivity index (χ0) is 21.1. The monoisotopic (exact) mass is 413 g/mol. The summed E-state index contributed by atoms with van der Waals surface area (Å²) in [4.78, 5) is 30.3. The molecule has 0 saturated carbocycles. The Morgan fingerprint density at radius 1 is 1.13 bits per heavy atom. The lowest BCUT2D eigenvalue weighted by molar-refractivity contribution is -0.153. The number of likely N-dealkylation sites (tertiary alicyclic amines) is 1. The second-order valence-corrected chi connectivity index (χ2v) is 7.75. The molecule has 0 N–H and O–H groups in total. The van der Waals surface area contributed by atoms with Gasteiger partial charge in [0.05, 0.1) is 14.2 Å². The molecule has 2 aliphatic heterocycles. The van der Waals surface area contributed by atoms with Crippen LogP contribution in [0.25, 0.3) is 0 Å². The summed E-state index contributed by atoms with van der Waals surface area (Å²) in [7, 11) is 3.28. The van der Waals surface area contributed by atoms with E-state index in [0.29, 0.717) is 32.5 Å². The maximum Gasteiger partial charge on any atom is 0.306 e. The zero-order valence-corrected chi connectivity index (χ0v) is 17.4. The first kappa shape index (κ1) is 20.3. The first-order valence-corrected chi connectivity index (χ1v) is 10.3. The number of methoxy groups -OCH3 is 2. The van der Waals surface area contributed by atoms with Crippen molar-refractivity contribution < 1.29 is 23.8 Å². The summed E-state index contributed by atoms with van der Waals surface area (Å²) in [6.45, 7) is 1.97. The van der Waals surface area contributed by atoms with E-state index in [0.717, 1.165) is 35.7 Å². The molecule has 2 aromatic rings. The summed E-state index contributed by atoms with van der Waals surface area (Å²) >= 11 is 0. The normalized spacial score (nSPS) is 19.6. The Labute approximate surface area is 175 Å². The number of esters is 1. The molecule has 0 bridgehead atoms. The van der Waals surface area contributed by atoms with Gasteiger partial charge in [0.25, 0.3) is 5.91 Å². The Morgan fingerprint density at radius 2 is 1.83 bits per heavy atom. The molecule has 1 atom stereocenters. The van der Waals surface area contributed by atoms with Crippen molar-refractivity contribution in [2.45, 2.75) is 44.2 Å². The fourth-order valence-electron chi connectivity index (χ4n) is 4.23. The van der Waals surface area contributed by atoms with Crippen LogP contribution in [-0.4, -0.2) is 59.7 Å². The number of carbonyl (C=O) groups is 2. The van der Waals surface area contributed by atoms with Crippen LogP contribution in [0, 0.1) is 0 Å². The number of carbonyl (C=O) groups excluding carboxylic acids is 2. The van der Waals surface area contributed by atoms with Crippen molar-refractivity contribution in [1.29, 1.82) is 0 Å². The van der Waals surface area contributed by atoms with Crippen molar-refractivity contribution >= 4 is 11.9 Å². The van der Waals surface area contributed by atoms with Crippen molar-refractivity contribution in [3.8, 4) is 11.5 Å². The highest BCUT2D eigenvalue weighted by molar-refractivity contribution is 5.86. The van der Waals surface area contributed by atoms with Gasteiger partial charge in [0.15, 0.2) is 6.10 Å². The van der Waals surface area contributed by atoms with Crippen LogP contribution >= 0.6 is 0 Å². The van der Waals surface area contributed by atoms with Crippen molar-refractivity contribution in [1.82, 2.24) is 14.5 Å². The van der Waals surface area contributed by atoms with E-state index in [2.05, 4.69) is 9.55 Å². The van der Waals surface area contributed by atoms with Crippen molar-refractivity contribution in [2.75, 3.05) is 27.3 Å². The molecule has 1 unspecified atom stereocenters. The molecule has 1 aromatic heterocycles. The molecule has 4 rings (SSSR count). The number of aromatic nitrogens is 2. The number of nitrogens with zero attached hydrogens (tertiary/aromatic N) is 3. The highest BCUT2D eigenvalue weighted by Crippen LogP contribution is 2.30. The lowest BCUT2D eigenvalue weighted by Crippen LogP contribution is -2.43. The Bertz CT molecular complexity index is 895. The average Bonchev–Trinajstić information content (AvgIpc) is 3.42. The van der Waals surface area contributed by atoms with Gasteiger partial charge in [-0.15, -0.1) is 0 Å². The maximum atomic E-state index is 12.6. The summed E-state index contributed by atoms with van der Waals surface area (Å²) in [6, 6.07) is 5.85. The van der Waals surface area contributed by atoms with Crippen LogP contribution < -0.4 is 9.47 Å². The summed E-state index contributed by atoms with van der Waals surface area (Å²) in [6.07, 6.45) is 5.71. The SMILES string of the molecule is COc1cc(Cn2ccnc2C2CCN(C(=O)C3CCC(=O)O3)CC2)cc(OC)c1. The Kier molecular flexibility index (Phi) is 5.92. The van der Waals surface area contributed by atoms with E-state index < -0.39 is 6.10 Å². The van der Waals surface area contributed by atoms with E-state index in [1.54, 1.807) is 14.2 Å². The van der Waals surface area contributed by atoms with Crippen LogP contribution in [0.3, 0.4) is 0 Å². The van der Waals surface area contributed by atoms with Gasteiger partial charge in [0, 0.05) is 56.9 Å². The lowest BCUT2D eigenvalue weighted by Gasteiger charge is -2.33. The van der Waals surface area contributed by atoms with Gasteiger partial charge in [-0.2, -0.15) is 0 Å². The van der Waals surface area contributed by atoms with E-state index >= 15 is 0 Å². The topological polar surface area (TPSA) is 82.9 Å². The fraction of sp³-hybridized carbons (Fsp3) is 0.500. The third-order valence-electron chi connectivity index (χ3n) is 5.84. The average molecular weight is 413 g/mol. The number of amides is 1. The van der Waals surface area contributed by atoms with Crippen LogP contribution in [0.1, 0.15) is 43.0 Å². The van der Waals surface area contributed by atoms with Gasteiger partial charge in [-0.1, -0.05) is 0 Å². The number of piperidine rings is 1. The van der Waals surface area contributed by atoms with Crippen molar-refractivity contribution in [2.24, 2.45) is 0 Å². The minimum Gasteiger partial charge on any atom is -0.497 e. The zero-order valence-electron chi connectivity index (χ0n) is 17.4. The van der Waals surface area contributed by atoms with Gasteiger partial charge >= 0.3 is 5.97 Å². The number of benzene rings is 1. The Balaban J connectivity index is 1.41. The summed E-state index contributed by atoms with van der Waals surface area (Å²) in [5.74, 6) is 2.47. The minimum atomic E-state index is -0.598. The minimum absolute atomic E-state index is 0.0638. The van der Waals surface area contributed by atoms with E-state index in [-0.39, 0.29) is 17.8 Å². The van der Waals surface area contributed by atoms with E-state index in [9.17, 15) is 9.59 Å². The highest BCUT2D eigenvalue weighted by atomic mass is 16.6. The van der Waals surface area contributed by atoms with Gasteiger partial charge in [-0.25, -0.2) is 4.98 Å². The standard InChI is InChI=1S/C22H27N3O5/c1-28-17-11-15(12-18(13-17)29-2)14-25-10-7-23-21(25)16-5-8-24(9-6-16)22(27)19-3-4-20(26)30-19/h7,10-13,16,19H,3-6,8-9,14H2,1-2H3. The van der Waals surface area contributed by atoms with Gasteiger partial charge in [-0.05, 0) is 30.5 Å². The predicted molar refractivity (Wildman–Crippen MR) is 109 cm³/mol. The van der Waals surface area contributed by atoms with Gasteiger partial charge < -0.3 is 23.7 Å². The molecule has 3 heterocycles. The molecule has 1 aromatic carbocycles. The van der Waals surface area contributed by atoms with Gasteiger partial charge in [-0.3, -0.25) is 9.59 Å². The van der Waals surface area contributed by atoms with Crippen LogP contribution in [-0.2, 0) is 20.9 Å². The summed E-state index contributed by atoms with van der Waals surface area (Å²) < 4.78 is 18.0. The van der Waals surface area contributed by atoms with Crippen molar-refractivity contribution in [3.05, 3.63) is 42.0 Å². The van der Waals surface area contributed by atoms with E-state index in [1.807, 2.05) is 35.5 Å². The molecule has 0 aliphatic carbocycles. The van der Waals surface area contributed by atoms with E-state index in [4.69, 9.17) is 14.2 Å². The van der Waals surface area contributed by atoms with Crippen LogP contribution in [0.4, 0.5) is 0 Å². The van der Waals surface area contributed by atoms with E-state index in [1.165, 1.54) is 0 Å². The first-order valence-electron chi connectivity index (χ1n) is 10.3. The molecule has 2 fully saturated rings. The van der Waals surface area contributed by atoms with Crippen LogP contribution in [0.15, 0.2) is 30.6 Å². The summed E-state index contributed by atoms with van der Waals surface area (Å²) in [5, 5.41) is 0. The number of rotatable bonds is 6. The molecule has 160 valence electrons. The van der Waals surface area contributed by atoms with Crippen LogP contribution in [0.5, 0.6) is 11.5 Å². The van der Waals surface area contributed by atoms with Gasteiger partial charge in [0.1, 0.15) is 17.3 Å². The number of hydrogen-bond acceptors (Lipinski definition) is 6. The molecular weight excluding hydrogens is 386 g/mol. The third kappa shape index (κ3) is 4.27. The molecule has 8 heteroatoms. The molecule has 1 amide bonds. The summed E-state index contributed by atoms with van der Waals surface area (Å²) in [5.41, 5.74) is 1.07. The predicted octanol–water partition coefficient (Wildman–Crippen LogP) is 2.36. The molecule has 0 radical (unpaired) electrons. The van der Waals surface area contributed by atoms with Gasteiger partial charge in [0.2, 0.25) is 0 Å². The number of cyclic esters (lactones) is 1. The molecule has 2 saturated heterocycles. The fourth-order valence-corrected chi connectivity index (χ4v) is 4.23. The molecule has 0 spiro atoms. The molecule has 8 nitrogen and oxygen atoms in total. The first-order chi connectivity index (χ1) is 14.6. The quantitative estimate of drug-likeness (QED) is 0.676. The molecule has 2 aliphatic rings. The number of imidazole rings is 1. The lowest BCUT2D eigenvalue weighted by atomic mass is 9.95. The highest BCUT2D eigenvalue weighted by Gasteiger charge is 2.35. The second kappa shape index (κ2) is 8.77. The van der Waals surface area contributed by atoms with Crippen molar-refractivity contribution in [3.63, 3.8) is 0 Å². The number of hydrogen-bond donors (Lipinski definition) is 0. The molecular formula is C22H27N3O5. The molecule has 30 heavy (non-hydrogen) atoms. The number of ether oxygens (including phenoxy) is 3. The Morgan fingerprint density at radius 3 is 2.43 bits per heavy atom. The largest absolute Gasteiger partial charge is 0.497 e. The second-order valence-electron chi connectivity index (χ2n) is 7.75.